The maximum atomic E-state index is 12.2. The topological polar surface area (TPSA) is 58.6 Å². The molecule has 2 aromatic carbocycles. The first-order valence-electron chi connectivity index (χ1n) is 5.76. The first-order chi connectivity index (χ1) is 9.93. The van der Waals surface area contributed by atoms with Crippen LogP contribution in [0.1, 0.15) is 10.4 Å². The number of hydrogen-bond donors (Lipinski definition) is 2. The molecule has 21 heavy (non-hydrogen) atoms. The molecule has 4 nitrogen and oxygen atoms in total. The third kappa shape index (κ3) is 3.43. The zero-order chi connectivity index (χ0) is 15.6. The van der Waals surface area contributed by atoms with E-state index in [4.69, 9.17) is 27.9 Å². The van der Waals surface area contributed by atoms with Crippen molar-refractivity contribution in [3.8, 4) is 11.5 Å². The Hall–Kier alpha value is -1.43. The molecular formula is C14H10BrCl2NO3. The molecule has 0 heterocycles. The second-order valence-corrected chi connectivity index (χ2v) is 5.67. The van der Waals surface area contributed by atoms with Gasteiger partial charge in [0.05, 0.1) is 28.4 Å². The zero-order valence-electron chi connectivity index (χ0n) is 10.8. The van der Waals surface area contributed by atoms with Gasteiger partial charge in [0.2, 0.25) is 0 Å². The van der Waals surface area contributed by atoms with Gasteiger partial charge in [0.25, 0.3) is 5.91 Å². The van der Waals surface area contributed by atoms with E-state index in [1.165, 1.54) is 19.2 Å². The van der Waals surface area contributed by atoms with Crippen LogP contribution in [0.15, 0.2) is 34.8 Å². The molecule has 0 aliphatic carbocycles. The summed E-state index contributed by atoms with van der Waals surface area (Å²) in [5, 5.41) is 12.9. The first-order valence-corrected chi connectivity index (χ1v) is 7.30. The summed E-state index contributed by atoms with van der Waals surface area (Å²) < 4.78 is 5.59. The number of carbonyl (C=O) groups excluding carboxylic acids is 1. The van der Waals surface area contributed by atoms with Crippen molar-refractivity contribution in [2.45, 2.75) is 0 Å². The van der Waals surface area contributed by atoms with Gasteiger partial charge < -0.3 is 15.2 Å². The smallest absolute Gasteiger partial charge is 0.259 e. The van der Waals surface area contributed by atoms with Crippen molar-refractivity contribution in [2.24, 2.45) is 0 Å². The summed E-state index contributed by atoms with van der Waals surface area (Å²) in [4.78, 5) is 12.2. The van der Waals surface area contributed by atoms with Gasteiger partial charge in [-0.1, -0.05) is 23.2 Å². The van der Waals surface area contributed by atoms with E-state index in [0.717, 1.165) is 0 Å². The van der Waals surface area contributed by atoms with Crippen molar-refractivity contribution < 1.29 is 14.6 Å². The molecule has 0 saturated heterocycles. The SMILES string of the molecule is COc1ccc(C(=O)Nc2ccc(Br)c(Cl)c2Cl)c(O)c1. The number of phenolic OH excluding ortho intramolecular Hbond substituents is 1. The summed E-state index contributed by atoms with van der Waals surface area (Å²) in [7, 11) is 1.47. The summed E-state index contributed by atoms with van der Waals surface area (Å²) in [6, 6.07) is 7.65. The summed E-state index contributed by atoms with van der Waals surface area (Å²) in [5.74, 6) is -0.240. The number of amides is 1. The number of aromatic hydroxyl groups is 1. The van der Waals surface area contributed by atoms with E-state index in [1.807, 2.05) is 0 Å². The van der Waals surface area contributed by atoms with Gasteiger partial charge in [-0.15, -0.1) is 0 Å². The van der Waals surface area contributed by atoms with Gasteiger partial charge in [0.1, 0.15) is 11.5 Å². The molecule has 0 unspecified atom stereocenters. The molecule has 0 spiro atoms. The zero-order valence-corrected chi connectivity index (χ0v) is 13.9. The highest BCUT2D eigenvalue weighted by Crippen LogP contribution is 2.36. The lowest BCUT2D eigenvalue weighted by molar-refractivity contribution is 0.102. The largest absolute Gasteiger partial charge is 0.507 e. The van der Waals surface area contributed by atoms with Crippen LogP contribution in [0.25, 0.3) is 0 Å². The lowest BCUT2D eigenvalue weighted by Gasteiger charge is -2.11. The summed E-state index contributed by atoms with van der Waals surface area (Å²) >= 11 is 15.3. The van der Waals surface area contributed by atoms with Crippen LogP contribution in [-0.4, -0.2) is 18.1 Å². The fourth-order valence-corrected chi connectivity index (χ4v) is 2.46. The Labute approximate surface area is 139 Å². The molecule has 0 atom stereocenters. The predicted molar refractivity (Wildman–Crippen MR) is 86.8 cm³/mol. The Morgan fingerprint density at radius 3 is 2.57 bits per heavy atom. The molecule has 110 valence electrons. The fraction of sp³-hybridized carbons (Fsp3) is 0.0714. The van der Waals surface area contributed by atoms with Crippen LogP contribution in [-0.2, 0) is 0 Å². The molecule has 0 aliphatic rings. The lowest BCUT2D eigenvalue weighted by atomic mass is 10.1. The van der Waals surface area contributed by atoms with E-state index in [-0.39, 0.29) is 16.3 Å². The summed E-state index contributed by atoms with van der Waals surface area (Å²) in [6.07, 6.45) is 0. The molecule has 0 aliphatic heterocycles. The van der Waals surface area contributed by atoms with Crippen molar-refractivity contribution in [3.05, 3.63) is 50.4 Å². The molecule has 1 amide bonds. The van der Waals surface area contributed by atoms with E-state index in [1.54, 1.807) is 18.2 Å². The monoisotopic (exact) mass is 389 g/mol. The standard InChI is InChI=1S/C14H10BrCl2NO3/c1-21-7-2-3-8(11(19)6-7)14(20)18-10-5-4-9(15)12(16)13(10)17/h2-6,19H,1H3,(H,18,20). The fourth-order valence-electron chi connectivity index (χ4n) is 1.64. The summed E-state index contributed by atoms with van der Waals surface area (Å²) in [5.41, 5.74) is 0.455. The average molecular weight is 391 g/mol. The van der Waals surface area contributed by atoms with Crippen LogP contribution in [0.3, 0.4) is 0 Å². The highest BCUT2D eigenvalue weighted by Gasteiger charge is 2.15. The van der Waals surface area contributed by atoms with Gasteiger partial charge in [0.15, 0.2) is 0 Å². The van der Waals surface area contributed by atoms with E-state index < -0.39 is 5.91 Å². The Balaban J connectivity index is 2.28. The van der Waals surface area contributed by atoms with E-state index >= 15 is 0 Å². The van der Waals surface area contributed by atoms with E-state index in [2.05, 4.69) is 21.2 Å². The second kappa shape index (κ2) is 6.56. The van der Waals surface area contributed by atoms with Crippen molar-refractivity contribution >= 4 is 50.7 Å². The molecule has 0 radical (unpaired) electrons. The van der Waals surface area contributed by atoms with Crippen LogP contribution in [0.4, 0.5) is 5.69 Å². The van der Waals surface area contributed by atoms with Gasteiger partial charge in [-0.2, -0.15) is 0 Å². The molecule has 2 aromatic rings. The van der Waals surface area contributed by atoms with Crippen LogP contribution in [0, 0.1) is 0 Å². The molecule has 2 rings (SSSR count). The molecule has 7 heteroatoms. The third-order valence-corrected chi connectivity index (χ3v) is 4.50. The lowest BCUT2D eigenvalue weighted by Crippen LogP contribution is -2.12. The normalized spacial score (nSPS) is 10.3. The van der Waals surface area contributed by atoms with Gasteiger partial charge in [0, 0.05) is 10.5 Å². The quantitative estimate of drug-likeness (QED) is 0.745. The Morgan fingerprint density at radius 2 is 1.95 bits per heavy atom. The van der Waals surface area contributed by atoms with Crippen molar-refractivity contribution in [1.82, 2.24) is 0 Å². The Bertz CT molecular complexity index is 707. The Kier molecular flexibility index (Phi) is 4.98. The van der Waals surface area contributed by atoms with Crippen LogP contribution in [0.2, 0.25) is 10.0 Å². The number of anilines is 1. The van der Waals surface area contributed by atoms with E-state index in [9.17, 15) is 9.90 Å². The van der Waals surface area contributed by atoms with Gasteiger partial charge in [-0.25, -0.2) is 0 Å². The molecule has 0 saturated carbocycles. The van der Waals surface area contributed by atoms with Crippen molar-refractivity contribution in [2.75, 3.05) is 12.4 Å². The maximum Gasteiger partial charge on any atom is 0.259 e. The van der Waals surface area contributed by atoms with Crippen molar-refractivity contribution in [1.29, 1.82) is 0 Å². The minimum absolute atomic E-state index is 0.103. The van der Waals surface area contributed by atoms with Crippen LogP contribution in [0.5, 0.6) is 11.5 Å². The van der Waals surface area contributed by atoms with Gasteiger partial charge >= 0.3 is 0 Å². The second-order valence-electron chi connectivity index (χ2n) is 4.06. The van der Waals surface area contributed by atoms with Gasteiger partial charge in [-0.05, 0) is 40.2 Å². The highest BCUT2D eigenvalue weighted by molar-refractivity contribution is 9.10. The number of halogens is 3. The first kappa shape index (κ1) is 15.9. The molecule has 0 bridgehead atoms. The number of nitrogens with one attached hydrogen (secondary N) is 1. The molecule has 0 fully saturated rings. The average Bonchev–Trinajstić information content (AvgIpc) is 2.47. The molecular weight excluding hydrogens is 381 g/mol. The number of methoxy groups -OCH3 is 1. The number of carbonyl (C=O) groups is 1. The maximum absolute atomic E-state index is 12.2. The number of rotatable bonds is 3. The van der Waals surface area contributed by atoms with Crippen LogP contribution < -0.4 is 10.1 Å². The molecule has 0 aromatic heterocycles. The van der Waals surface area contributed by atoms with Crippen LogP contribution >= 0.6 is 39.1 Å². The predicted octanol–water partition coefficient (Wildman–Crippen LogP) is 4.72. The minimum Gasteiger partial charge on any atom is -0.507 e. The van der Waals surface area contributed by atoms with Crippen molar-refractivity contribution in [3.63, 3.8) is 0 Å². The highest BCUT2D eigenvalue weighted by atomic mass is 79.9. The van der Waals surface area contributed by atoms with Gasteiger partial charge in [-0.3, -0.25) is 4.79 Å². The Morgan fingerprint density at radius 1 is 1.24 bits per heavy atom. The number of phenols is 1. The number of ether oxygens (including phenoxy) is 1. The number of benzene rings is 2. The molecule has 2 N–H and O–H groups in total. The summed E-state index contributed by atoms with van der Waals surface area (Å²) in [6.45, 7) is 0. The van der Waals surface area contributed by atoms with E-state index in [0.29, 0.717) is 20.9 Å². The minimum atomic E-state index is -0.504. The number of hydrogen-bond acceptors (Lipinski definition) is 3. The third-order valence-electron chi connectivity index (χ3n) is 2.73.